The van der Waals surface area contributed by atoms with Crippen molar-refractivity contribution in [2.45, 2.75) is 71.3 Å². The Morgan fingerprint density at radius 1 is 1.11 bits per heavy atom. The molecule has 18 heavy (non-hydrogen) atoms. The molecule has 1 N–H and O–H groups in total. The summed E-state index contributed by atoms with van der Waals surface area (Å²) in [6, 6.07) is 0.945. The highest BCUT2D eigenvalue weighted by Crippen LogP contribution is 2.38. The zero-order valence-electron chi connectivity index (χ0n) is 12.5. The Bertz CT molecular complexity index is 224. The summed E-state index contributed by atoms with van der Waals surface area (Å²) in [5.74, 6) is 0. The zero-order valence-corrected chi connectivity index (χ0v) is 12.5. The van der Waals surface area contributed by atoms with Crippen LogP contribution in [0, 0.1) is 5.41 Å². The third-order valence-corrected chi connectivity index (χ3v) is 4.85. The van der Waals surface area contributed by atoms with Crippen molar-refractivity contribution in [3.63, 3.8) is 0 Å². The first-order valence-electron chi connectivity index (χ1n) is 8.24. The van der Waals surface area contributed by atoms with Crippen LogP contribution in [-0.2, 0) is 0 Å². The summed E-state index contributed by atoms with van der Waals surface area (Å²) in [4.78, 5) is 2.84. The van der Waals surface area contributed by atoms with Crippen molar-refractivity contribution >= 4 is 0 Å². The highest BCUT2D eigenvalue weighted by atomic mass is 15.2. The van der Waals surface area contributed by atoms with Gasteiger partial charge in [-0.25, -0.2) is 0 Å². The molecular formula is C16H32N2. The van der Waals surface area contributed by atoms with Gasteiger partial charge >= 0.3 is 0 Å². The minimum Gasteiger partial charge on any atom is -0.317 e. The molecule has 0 bridgehead atoms. The molecule has 1 aliphatic carbocycles. The quantitative estimate of drug-likeness (QED) is 0.712. The number of nitrogens with one attached hydrogen (secondary N) is 1. The van der Waals surface area contributed by atoms with Crippen LogP contribution < -0.4 is 5.32 Å². The van der Waals surface area contributed by atoms with Crippen LogP contribution in [0.15, 0.2) is 0 Å². The number of unbranched alkanes of at least 4 members (excludes halogenated alkanes) is 1. The molecule has 1 saturated heterocycles. The van der Waals surface area contributed by atoms with Crippen LogP contribution >= 0.6 is 0 Å². The third kappa shape index (κ3) is 3.96. The van der Waals surface area contributed by atoms with Gasteiger partial charge in [0, 0.05) is 12.6 Å². The molecule has 2 rings (SSSR count). The van der Waals surface area contributed by atoms with Crippen molar-refractivity contribution in [3.05, 3.63) is 0 Å². The standard InChI is InChI=1S/C16H32N2/c1-3-5-13-18(15-6-7-15)14-16(8-4-2)9-11-17-12-10-16/h15,17H,3-14H2,1-2H3. The molecule has 106 valence electrons. The van der Waals surface area contributed by atoms with Crippen LogP contribution in [0.3, 0.4) is 0 Å². The van der Waals surface area contributed by atoms with Gasteiger partial charge in [-0.05, 0) is 63.6 Å². The van der Waals surface area contributed by atoms with Gasteiger partial charge in [0.2, 0.25) is 0 Å². The minimum absolute atomic E-state index is 0.635. The maximum atomic E-state index is 3.54. The fraction of sp³-hybridized carbons (Fsp3) is 1.00. The molecule has 2 nitrogen and oxygen atoms in total. The predicted molar refractivity (Wildman–Crippen MR) is 78.9 cm³/mol. The largest absolute Gasteiger partial charge is 0.317 e. The van der Waals surface area contributed by atoms with Crippen LogP contribution in [0.5, 0.6) is 0 Å². The molecule has 2 fully saturated rings. The fourth-order valence-electron chi connectivity index (χ4n) is 3.60. The molecular weight excluding hydrogens is 220 g/mol. The van der Waals surface area contributed by atoms with Crippen molar-refractivity contribution in [2.75, 3.05) is 26.2 Å². The van der Waals surface area contributed by atoms with Gasteiger partial charge in [-0.3, -0.25) is 4.90 Å². The van der Waals surface area contributed by atoms with Crippen LogP contribution in [0.1, 0.15) is 65.2 Å². The monoisotopic (exact) mass is 252 g/mol. The van der Waals surface area contributed by atoms with Crippen molar-refractivity contribution in [1.82, 2.24) is 10.2 Å². The van der Waals surface area contributed by atoms with E-state index in [9.17, 15) is 0 Å². The maximum Gasteiger partial charge on any atom is 0.00966 e. The normalized spacial score (nSPS) is 23.5. The summed E-state index contributed by atoms with van der Waals surface area (Å²) in [6.45, 7) is 9.89. The lowest BCUT2D eigenvalue weighted by Crippen LogP contribution is -2.45. The Morgan fingerprint density at radius 3 is 2.39 bits per heavy atom. The second-order valence-electron chi connectivity index (χ2n) is 6.56. The van der Waals surface area contributed by atoms with Gasteiger partial charge in [0.1, 0.15) is 0 Å². The fourth-order valence-corrected chi connectivity index (χ4v) is 3.60. The lowest BCUT2D eigenvalue weighted by Gasteiger charge is -2.42. The summed E-state index contributed by atoms with van der Waals surface area (Å²) in [5.41, 5.74) is 0.635. The van der Waals surface area contributed by atoms with Crippen LogP contribution in [0.4, 0.5) is 0 Å². The Morgan fingerprint density at radius 2 is 1.83 bits per heavy atom. The molecule has 1 saturated carbocycles. The van der Waals surface area contributed by atoms with Gasteiger partial charge in [0.05, 0.1) is 0 Å². The lowest BCUT2D eigenvalue weighted by atomic mass is 9.75. The number of piperidine rings is 1. The van der Waals surface area contributed by atoms with Crippen molar-refractivity contribution in [3.8, 4) is 0 Å². The number of nitrogens with zero attached hydrogens (tertiary/aromatic N) is 1. The average Bonchev–Trinajstić information content (AvgIpc) is 3.20. The molecule has 0 radical (unpaired) electrons. The lowest BCUT2D eigenvalue weighted by molar-refractivity contribution is 0.0946. The van der Waals surface area contributed by atoms with E-state index in [1.54, 1.807) is 0 Å². The first-order valence-corrected chi connectivity index (χ1v) is 8.24. The molecule has 2 heteroatoms. The van der Waals surface area contributed by atoms with Gasteiger partial charge in [0.15, 0.2) is 0 Å². The van der Waals surface area contributed by atoms with E-state index in [4.69, 9.17) is 0 Å². The van der Waals surface area contributed by atoms with E-state index >= 15 is 0 Å². The smallest absolute Gasteiger partial charge is 0.00966 e. The summed E-state index contributed by atoms with van der Waals surface area (Å²) < 4.78 is 0. The number of rotatable bonds is 8. The van der Waals surface area contributed by atoms with Crippen molar-refractivity contribution in [1.29, 1.82) is 0 Å². The van der Waals surface area contributed by atoms with Gasteiger partial charge in [-0.1, -0.05) is 26.7 Å². The Kier molecular flexibility index (Phi) is 5.50. The summed E-state index contributed by atoms with van der Waals surface area (Å²) >= 11 is 0. The van der Waals surface area contributed by atoms with Crippen LogP contribution in [-0.4, -0.2) is 37.1 Å². The van der Waals surface area contributed by atoms with E-state index in [0.29, 0.717) is 5.41 Å². The molecule has 1 aliphatic heterocycles. The molecule has 0 amide bonds. The minimum atomic E-state index is 0.635. The molecule has 0 unspecified atom stereocenters. The summed E-state index contributed by atoms with van der Waals surface area (Å²) in [5, 5.41) is 3.54. The van der Waals surface area contributed by atoms with Crippen LogP contribution in [0.2, 0.25) is 0 Å². The zero-order chi connectivity index (χ0) is 12.8. The first-order chi connectivity index (χ1) is 8.79. The van der Waals surface area contributed by atoms with E-state index in [2.05, 4.69) is 24.1 Å². The topological polar surface area (TPSA) is 15.3 Å². The summed E-state index contributed by atoms with van der Waals surface area (Å²) in [6.07, 6.45) is 11.2. The van der Waals surface area contributed by atoms with Crippen LogP contribution in [0.25, 0.3) is 0 Å². The van der Waals surface area contributed by atoms with Crippen molar-refractivity contribution < 1.29 is 0 Å². The van der Waals surface area contributed by atoms with Crippen molar-refractivity contribution in [2.24, 2.45) is 5.41 Å². The summed E-state index contributed by atoms with van der Waals surface area (Å²) in [7, 11) is 0. The molecule has 1 heterocycles. The van der Waals surface area contributed by atoms with Gasteiger partial charge in [-0.2, -0.15) is 0 Å². The maximum absolute atomic E-state index is 3.54. The average molecular weight is 252 g/mol. The molecule has 0 aromatic carbocycles. The predicted octanol–water partition coefficient (Wildman–Crippen LogP) is 3.42. The molecule has 0 aromatic heterocycles. The number of hydrogen-bond donors (Lipinski definition) is 1. The van der Waals surface area contributed by atoms with Gasteiger partial charge in [0.25, 0.3) is 0 Å². The van der Waals surface area contributed by atoms with E-state index < -0.39 is 0 Å². The Balaban J connectivity index is 1.91. The van der Waals surface area contributed by atoms with Gasteiger partial charge < -0.3 is 5.32 Å². The highest BCUT2D eigenvalue weighted by Gasteiger charge is 2.37. The van der Waals surface area contributed by atoms with E-state index in [1.165, 1.54) is 77.5 Å². The molecule has 0 aromatic rings. The molecule has 2 aliphatic rings. The van der Waals surface area contributed by atoms with E-state index in [1.807, 2.05) is 0 Å². The highest BCUT2D eigenvalue weighted by molar-refractivity contribution is 4.92. The van der Waals surface area contributed by atoms with E-state index in [0.717, 1.165) is 6.04 Å². The third-order valence-electron chi connectivity index (χ3n) is 4.85. The second kappa shape index (κ2) is 6.91. The molecule has 0 atom stereocenters. The van der Waals surface area contributed by atoms with Gasteiger partial charge in [-0.15, -0.1) is 0 Å². The SMILES string of the molecule is CCCCN(CC1(CCC)CCNCC1)C1CC1. The van der Waals surface area contributed by atoms with E-state index in [-0.39, 0.29) is 0 Å². The number of hydrogen-bond acceptors (Lipinski definition) is 2. The molecule has 0 spiro atoms. The first kappa shape index (κ1) is 14.3. The Labute approximate surface area is 114 Å². The second-order valence-corrected chi connectivity index (χ2v) is 6.56. The Hall–Kier alpha value is -0.0800.